The number of β-amino-alcohol motifs (C(OH)–C–C–N with tert-alkyl or cyclic N) is 1. The van der Waals surface area contributed by atoms with Gasteiger partial charge < -0.3 is 14.7 Å². The lowest BCUT2D eigenvalue weighted by Crippen LogP contribution is -2.52. The van der Waals surface area contributed by atoms with Crippen LogP contribution in [0.2, 0.25) is 0 Å². The molecule has 1 saturated carbocycles. The minimum Gasteiger partial charge on any atom is -0.487 e. The highest BCUT2D eigenvalue weighted by molar-refractivity contribution is 5.79. The highest BCUT2D eigenvalue weighted by atomic mass is 19.1. The first-order chi connectivity index (χ1) is 12.0. The van der Waals surface area contributed by atoms with E-state index in [0.29, 0.717) is 13.0 Å². The number of hydrogen-bond acceptors (Lipinski definition) is 3. The van der Waals surface area contributed by atoms with Crippen molar-refractivity contribution < 1.29 is 23.4 Å². The Morgan fingerprint density at radius 1 is 1.04 bits per heavy atom. The monoisotopic (exact) mass is 353 g/mol. The highest BCUT2D eigenvalue weighted by Crippen LogP contribution is 2.27. The number of ether oxygens (including phenoxy) is 1. The SMILES string of the molecule is O=C(C1CCCCCC1)N1CC[C@@H](Oc2cc(F)cc(F)c2)[C@H](O)C1. The molecule has 1 amide bonds. The van der Waals surface area contributed by atoms with Crippen molar-refractivity contribution in [3.63, 3.8) is 0 Å². The van der Waals surface area contributed by atoms with Gasteiger partial charge in [0.05, 0.1) is 6.54 Å². The number of amides is 1. The van der Waals surface area contributed by atoms with E-state index in [4.69, 9.17) is 4.74 Å². The Balaban J connectivity index is 1.57. The maximum Gasteiger partial charge on any atom is 0.225 e. The van der Waals surface area contributed by atoms with E-state index in [9.17, 15) is 18.7 Å². The fourth-order valence-corrected chi connectivity index (χ4v) is 3.80. The maximum absolute atomic E-state index is 13.3. The van der Waals surface area contributed by atoms with E-state index in [1.807, 2.05) is 0 Å². The van der Waals surface area contributed by atoms with Gasteiger partial charge in [-0.1, -0.05) is 25.7 Å². The Morgan fingerprint density at radius 3 is 2.28 bits per heavy atom. The van der Waals surface area contributed by atoms with E-state index in [1.165, 1.54) is 12.8 Å². The van der Waals surface area contributed by atoms with Crippen molar-refractivity contribution >= 4 is 5.91 Å². The van der Waals surface area contributed by atoms with Crippen molar-refractivity contribution in [2.45, 2.75) is 57.2 Å². The molecule has 2 aliphatic rings. The van der Waals surface area contributed by atoms with Crippen LogP contribution in [0.25, 0.3) is 0 Å². The third-order valence-corrected chi connectivity index (χ3v) is 5.16. The molecule has 0 bridgehead atoms. The summed E-state index contributed by atoms with van der Waals surface area (Å²) in [7, 11) is 0. The molecule has 1 aromatic carbocycles. The number of piperidine rings is 1. The Morgan fingerprint density at radius 2 is 1.68 bits per heavy atom. The second-order valence-corrected chi connectivity index (χ2v) is 7.09. The number of carbonyl (C=O) groups excluding carboxylic acids is 1. The summed E-state index contributed by atoms with van der Waals surface area (Å²) in [6, 6.07) is 2.97. The summed E-state index contributed by atoms with van der Waals surface area (Å²) >= 11 is 0. The lowest BCUT2D eigenvalue weighted by atomic mass is 9.96. The molecule has 6 heteroatoms. The first-order valence-corrected chi connectivity index (χ1v) is 9.12. The predicted octanol–water partition coefficient (Wildman–Crippen LogP) is 3.28. The predicted molar refractivity (Wildman–Crippen MR) is 89.2 cm³/mol. The number of aliphatic hydroxyl groups excluding tert-OH is 1. The smallest absolute Gasteiger partial charge is 0.225 e. The van der Waals surface area contributed by atoms with E-state index in [2.05, 4.69) is 0 Å². The number of hydrogen-bond donors (Lipinski definition) is 1. The largest absolute Gasteiger partial charge is 0.487 e. The zero-order chi connectivity index (χ0) is 17.8. The third kappa shape index (κ3) is 4.69. The molecule has 1 aliphatic carbocycles. The van der Waals surface area contributed by atoms with Crippen molar-refractivity contribution in [2.24, 2.45) is 5.92 Å². The van der Waals surface area contributed by atoms with Gasteiger partial charge in [0.1, 0.15) is 29.6 Å². The van der Waals surface area contributed by atoms with Crippen LogP contribution in [0.1, 0.15) is 44.9 Å². The lowest BCUT2D eigenvalue weighted by molar-refractivity contribution is -0.141. The van der Waals surface area contributed by atoms with Gasteiger partial charge in [0, 0.05) is 37.1 Å². The fourth-order valence-electron chi connectivity index (χ4n) is 3.80. The topological polar surface area (TPSA) is 49.8 Å². The van der Waals surface area contributed by atoms with Crippen LogP contribution in [0.5, 0.6) is 5.75 Å². The van der Waals surface area contributed by atoms with Gasteiger partial charge in [0.2, 0.25) is 5.91 Å². The average molecular weight is 353 g/mol. The molecule has 4 nitrogen and oxygen atoms in total. The highest BCUT2D eigenvalue weighted by Gasteiger charge is 2.34. The average Bonchev–Trinajstić information content (AvgIpc) is 2.84. The molecule has 1 heterocycles. The van der Waals surface area contributed by atoms with Crippen LogP contribution < -0.4 is 4.74 Å². The summed E-state index contributed by atoms with van der Waals surface area (Å²) < 4.78 is 32.1. The normalized spacial score (nSPS) is 25.5. The molecule has 138 valence electrons. The summed E-state index contributed by atoms with van der Waals surface area (Å²) in [6.45, 7) is 0.701. The molecule has 2 fully saturated rings. The Bertz CT molecular complexity index is 582. The second-order valence-electron chi connectivity index (χ2n) is 7.09. The van der Waals surface area contributed by atoms with Crippen LogP contribution in [-0.2, 0) is 4.79 Å². The van der Waals surface area contributed by atoms with Gasteiger partial charge in [-0.3, -0.25) is 4.79 Å². The van der Waals surface area contributed by atoms with Gasteiger partial charge in [0.15, 0.2) is 0 Å². The van der Waals surface area contributed by atoms with Crippen LogP contribution in [0.15, 0.2) is 18.2 Å². The molecular formula is C19H25F2NO3. The van der Waals surface area contributed by atoms with Crippen LogP contribution in [0, 0.1) is 17.6 Å². The summed E-state index contributed by atoms with van der Waals surface area (Å²) in [4.78, 5) is 14.4. The summed E-state index contributed by atoms with van der Waals surface area (Å²) in [5.74, 6) is -1.19. The molecule has 0 aromatic heterocycles. The molecule has 1 N–H and O–H groups in total. The van der Waals surface area contributed by atoms with Crippen molar-refractivity contribution in [3.8, 4) is 5.75 Å². The van der Waals surface area contributed by atoms with E-state index in [1.54, 1.807) is 4.90 Å². The fraction of sp³-hybridized carbons (Fsp3) is 0.632. The van der Waals surface area contributed by atoms with E-state index in [0.717, 1.165) is 43.9 Å². The third-order valence-electron chi connectivity index (χ3n) is 5.16. The molecule has 0 spiro atoms. The molecule has 1 aliphatic heterocycles. The summed E-state index contributed by atoms with van der Waals surface area (Å²) in [5.41, 5.74) is 0. The lowest BCUT2D eigenvalue weighted by Gasteiger charge is -2.37. The van der Waals surface area contributed by atoms with Crippen LogP contribution >= 0.6 is 0 Å². The number of likely N-dealkylation sites (tertiary alicyclic amines) is 1. The van der Waals surface area contributed by atoms with E-state index >= 15 is 0 Å². The van der Waals surface area contributed by atoms with Gasteiger partial charge >= 0.3 is 0 Å². The number of nitrogens with zero attached hydrogens (tertiary/aromatic N) is 1. The van der Waals surface area contributed by atoms with Gasteiger partial charge in [-0.15, -0.1) is 0 Å². The van der Waals surface area contributed by atoms with E-state index in [-0.39, 0.29) is 24.1 Å². The first kappa shape index (κ1) is 18.1. The van der Waals surface area contributed by atoms with Crippen molar-refractivity contribution in [1.29, 1.82) is 0 Å². The number of halogens is 2. The van der Waals surface area contributed by atoms with Crippen molar-refractivity contribution in [3.05, 3.63) is 29.8 Å². The van der Waals surface area contributed by atoms with Crippen LogP contribution in [-0.4, -0.2) is 41.2 Å². The molecule has 2 atom stereocenters. The summed E-state index contributed by atoms with van der Waals surface area (Å²) in [5, 5.41) is 10.3. The molecule has 3 rings (SSSR count). The van der Waals surface area contributed by atoms with Gasteiger partial charge in [-0.25, -0.2) is 8.78 Å². The molecule has 1 aromatic rings. The number of benzene rings is 1. The minimum absolute atomic E-state index is 0.0597. The Labute approximate surface area is 146 Å². The maximum atomic E-state index is 13.3. The second kappa shape index (κ2) is 8.13. The van der Waals surface area contributed by atoms with Gasteiger partial charge in [-0.05, 0) is 12.8 Å². The molecule has 1 saturated heterocycles. The zero-order valence-electron chi connectivity index (χ0n) is 14.3. The quantitative estimate of drug-likeness (QED) is 0.849. The minimum atomic E-state index is -0.866. The molecule has 0 unspecified atom stereocenters. The Kier molecular flexibility index (Phi) is 5.89. The van der Waals surface area contributed by atoms with Gasteiger partial charge in [-0.2, -0.15) is 0 Å². The standard InChI is InChI=1S/C19H25F2NO3/c20-14-9-15(21)11-16(10-14)25-18-7-8-22(12-17(18)23)19(24)13-5-3-1-2-4-6-13/h9-11,13,17-18,23H,1-8,12H2/t17-,18-/m1/s1. The molecule has 0 radical (unpaired) electrons. The van der Waals surface area contributed by atoms with Crippen LogP contribution in [0.3, 0.4) is 0 Å². The van der Waals surface area contributed by atoms with Crippen molar-refractivity contribution in [2.75, 3.05) is 13.1 Å². The van der Waals surface area contributed by atoms with Crippen molar-refractivity contribution in [1.82, 2.24) is 4.90 Å². The first-order valence-electron chi connectivity index (χ1n) is 9.12. The number of carbonyl (C=O) groups is 1. The Hall–Kier alpha value is -1.69. The zero-order valence-corrected chi connectivity index (χ0v) is 14.3. The number of aliphatic hydroxyl groups is 1. The molecular weight excluding hydrogens is 328 g/mol. The van der Waals surface area contributed by atoms with E-state index < -0.39 is 23.8 Å². The summed E-state index contributed by atoms with van der Waals surface area (Å²) in [6.07, 6.45) is 5.40. The molecule has 25 heavy (non-hydrogen) atoms. The van der Waals surface area contributed by atoms with Crippen LogP contribution in [0.4, 0.5) is 8.78 Å². The van der Waals surface area contributed by atoms with Gasteiger partial charge in [0.25, 0.3) is 0 Å². The number of rotatable bonds is 3.